The Morgan fingerprint density at radius 1 is 0.676 bits per heavy atom. The molecule has 2 aromatic rings. The first-order valence-electron chi connectivity index (χ1n) is 13.5. The summed E-state index contributed by atoms with van der Waals surface area (Å²) >= 11 is 0. The van der Waals surface area contributed by atoms with E-state index in [0.29, 0.717) is 22.3 Å². The first-order chi connectivity index (χ1) is 17.9. The van der Waals surface area contributed by atoms with Gasteiger partial charge in [-0.3, -0.25) is 19.2 Å². The van der Waals surface area contributed by atoms with Crippen molar-refractivity contribution in [1.82, 2.24) is 9.80 Å². The molecule has 0 unspecified atom stereocenters. The molecule has 5 rings (SSSR count). The van der Waals surface area contributed by atoms with Crippen LogP contribution in [0.5, 0.6) is 0 Å². The predicted molar refractivity (Wildman–Crippen MR) is 142 cm³/mol. The van der Waals surface area contributed by atoms with Gasteiger partial charge in [0.2, 0.25) is 0 Å². The predicted octanol–water partition coefficient (Wildman–Crippen LogP) is 5.30. The van der Waals surface area contributed by atoms with Gasteiger partial charge in [0.1, 0.15) is 0 Å². The van der Waals surface area contributed by atoms with Gasteiger partial charge in [0.05, 0.1) is 16.8 Å². The van der Waals surface area contributed by atoms with Gasteiger partial charge < -0.3 is 9.80 Å². The average molecular weight is 502 g/mol. The summed E-state index contributed by atoms with van der Waals surface area (Å²) in [6, 6.07) is 11.8. The van der Waals surface area contributed by atoms with Crippen molar-refractivity contribution in [3.63, 3.8) is 0 Å². The van der Waals surface area contributed by atoms with Crippen molar-refractivity contribution >= 4 is 29.3 Å². The molecule has 0 radical (unpaired) electrons. The van der Waals surface area contributed by atoms with Crippen LogP contribution < -0.4 is 4.90 Å². The molecule has 0 spiro atoms. The second-order valence-corrected chi connectivity index (χ2v) is 10.7. The van der Waals surface area contributed by atoms with Crippen molar-refractivity contribution in [2.75, 3.05) is 19.0 Å². The average Bonchev–Trinajstić information content (AvgIpc) is 3.21. The van der Waals surface area contributed by atoms with Gasteiger partial charge in [0, 0.05) is 37.3 Å². The second kappa shape index (κ2) is 10.5. The largest absolute Gasteiger partial charge is 0.339 e. The minimum atomic E-state index is -0.440. The SMILES string of the molecule is CN(C(=O)c1cc(C(=O)N(C)C2CCCCC2)cc(N2C(=O)c3ccccc3C2=O)c1)C1CCCCC1. The fourth-order valence-electron chi connectivity index (χ4n) is 6.09. The molecule has 3 aliphatic rings. The molecule has 37 heavy (non-hydrogen) atoms. The Hall–Kier alpha value is -3.48. The van der Waals surface area contributed by atoms with Gasteiger partial charge in [0.25, 0.3) is 23.6 Å². The molecule has 2 aliphatic carbocycles. The van der Waals surface area contributed by atoms with Crippen molar-refractivity contribution in [2.24, 2.45) is 0 Å². The highest BCUT2D eigenvalue weighted by Crippen LogP contribution is 2.32. The molecule has 0 bridgehead atoms. The quantitative estimate of drug-likeness (QED) is 0.521. The Morgan fingerprint density at radius 2 is 1.08 bits per heavy atom. The topological polar surface area (TPSA) is 78.0 Å². The van der Waals surface area contributed by atoms with Crippen LogP contribution >= 0.6 is 0 Å². The molecular formula is C30H35N3O4. The van der Waals surface area contributed by atoms with E-state index in [2.05, 4.69) is 0 Å². The molecule has 4 amide bonds. The fourth-order valence-corrected chi connectivity index (χ4v) is 6.09. The van der Waals surface area contributed by atoms with Crippen LogP contribution in [0.25, 0.3) is 0 Å². The number of hydrogen-bond donors (Lipinski definition) is 0. The van der Waals surface area contributed by atoms with E-state index >= 15 is 0 Å². The molecule has 2 fully saturated rings. The monoisotopic (exact) mass is 501 g/mol. The smallest absolute Gasteiger partial charge is 0.266 e. The van der Waals surface area contributed by atoms with Crippen molar-refractivity contribution in [3.05, 3.63) is 64.7 Å². The molecule has 194 valence electrons. The molecular weight excluding hydrogens is 466 g/mol. The third-order valence-corrected chi connectivity index (χ3v) is 8.35. The minimum absolute atomic E-state index is 0.147. The molecule has 0 saturated heterocycles. The molecule has 0 N–H and O–H groups in total. The van der Waals surface area contributed by atoms with Gasteiger partial charge in [-0.25, -0.2) is 4.90 Å². The first kappa shape index (κ1) is 25.2. The van der Waals surface area contributed by atoms with Crippen LogP contribution in [-0.4, -0.2) is 59.6 Å². The first-order valence-corrected chi connectivity index (χ1v) is 13.5. The second-order valence-electron chi connectivity index (χ2n) is 10.7. The summed E-state index contributed by atoms with van der Waals surface area (Å²) in [6.45, 7) is 0. The number of carbonyl (C=O) groups is 4. The standard InChI is InChI=1S/C30H35N3O4/c1-31(22-11-5-3-6-12-22)27(34)20-17-21(28(35)32(2)23-13-7-4-8-14-23)19-24(18-20)33-29(36)25-15-9-10-16-26(25)30(33)37/h9-10,15-19,22-23H,3-8,11-14H2,1-2H3. The zero-order chi connectivity index (χ0) is 26.1. The molecule has 7 heteroatoms. The van der Waals surface area contributed by atoms with Crippen LogP contribution in [0.15, 0.2) is 42.5 Å². The number of anilines is 1. The van der Waals surface area contributed by atoms with E-state index in [1.165, 1.54) is 12.8 Å². The highest BCUT2D eigenvalue weighted by molar-refractivity contribution is 6.34. The number of hydrogen-bond acceptors (Lipinski definition) is 4. The lowest BCUT2D eigenvalue weighted by Gasteiger charge is -2.32. The Bertz CT molecular complexity index is 1140. The summed E-state index contributed by atoms with van der Waals surface area (Å²) in [5.74, 6) is -1.27. The van der Waals surface area contributed by atoms with Gasteiger partial charge in [-0.05, 0) is 56.0 Å². The Kier molecular flexibility index (Phi) is 7.13. The van der Waals surface area contributed by atoms with E-state index in [0.717, 1.165) is 56.3 Å². The number of imide groups is 1. The number of carbonyl (C=O) groups excluding carboxylic acids is 4. The van der Waals surface area contributed by atoms with Crippen molar-refractivity contribution in [3.8, 4) is 0 Å². The highest BCUT2D eigenvalue weighted by atomic mass is 16.2. The maximum Gasteiger partial charge on any atom is 0.266 e. The van der Waals surface area contributed by atoms with E-state index in [1.54, 1.807) is 52.3 Å². The van der Waals surface area contributed by atoms with E-state index in [-0.39, 0.29) is 29.6 Å². The molecule has 0 atom stereocenters. The van der Waals surface area contributed by atoms with Crippen LogP contribution in [0, 0.1) is 0 Å². The lowest BCUT2D eigenvalue weighted by atomic mass is 9.93. The minimum Gasteiger partial charge on any atom is -0.339 e. The molecule has 7 nitrogen and oxygen atoms in total. The number of benzene rings is 2. The van der Waals surface area contributed by atoms with E-state index < -0.39 is 11.8 Å². The maximum atomic E-state index is 13.7. The van der Waals surface area contributed by atoms with Crippen molar-refractivity contribution in [2.45, 2.75) is 76.3 Å². The van der Waals surface area contributed by atoms with Gasteiger partial charge in [-0.15, -0.1) is 0 Å². The third-order valence-electron chi connectivity index (χ3n) is 8.35. The lowest BCUT2D eigenvalue weighted by molar-refractivity contribution is 0.0692. The molecule has 2 aromatic carbocycles. The van der Waals surface area contributed by atoms with Crippen molar-refractivity contribution < 1.29 is 19.2 Å². The zero-order valence-corrected chi connectivity index (χ0v) is 21.7. The lowest BCUT2D eigenvalue weighted by Crippen LogP contribution is -2.40. The summed E-state index contributed by atoms with van der Waals surface area (Å²) in [4.78, 5) is 58.4. The number of fused-ring (bicyclic) bond motifs is 1. The van der Waals surface area contributed by atoms with Crippen LogP contribution in [0.1, 0.15) is 106 Å². The van der Waals surface area contributed by atoms with Crippen LogP contribution in [0.3, 0.4) is 0 Å². The number of amides is 4. The van der Waals surface area contributed by atoms with Gasteiger partial charge >= 0.3 is 0 Å². The van der Waals surface area contributed by atoms with Crippen molar-refractivity contribution in [1.29, 1.82) is 0 Å². The fraction of sp³-hybridized carbons (Fsp3) is 0.467. The Labute approximate surface area is 218 Å². The Morgan fingerprint density at radius 3 is 1.49 bits per heavy atom. The van der Waals surface area contributed by atoms with E-state index in [1.807, 2.05) is 14.1 Å². The van der Waals surface area contributed by atoms with Crippen LogP contribution in [0.2, 0.25) is 0 Å². The summed E-state index contributed by atoms with van der Waals surface area (Å²) in [5.41, 5.74) is 1.56. The number of rotatable bonds is 5. The number of nitrogens with zero attached hydrogens (tertiary/aromatic N) is 3. The molecule has 0 aromatic heterocycles. The normalized spacial score (nSPS) is 18.6. The van der Waals surface area contributed by atoms with Crippen LogP contribution in [0.4, 0.5) is 5.69 Å². The highest BCUT2D eigenvalue weighted by Gasteiger charge is 2.37. The third kappa shape index (κ3) is 4.79. The molecule has 2 saturated carbocycles. The van der Waals surface area contributed by atoms with E-state index in [9.17, 15) is 19.2 Å². The van der Waals surface area contributed by atoms with Crippen LogP contribution in [-0.2, 0) is 0 Å². The summed E-state index contributed by atoms with van der Waals surface area (Å²) < 4.78 is 0. The zero-order valence-electron chi connectivity index (χ0n) is 21.7. The van der Waals surface area contributed by atoms with E-state index in [4.69, 9.17) is 0 Å². The molecule has 1 heterocycles. The van der Waals surface area contributed by atoms with Gasteiger partial charge in [0.15, 0.2) is 0 Å². The Balaban J connectivity index is 1.52. The maximum absolute atomic E-state index is 13.7. The summed E-state index contributed by atoms with van der Waals surface area (Å²) in [7, 11) is 3.62. The molecule has 1 aliphatic heterocycles. The van der Waals surface area contributed by atoms with Gasteiger partial charge in [-0.2, -0.15) is 0 Å². The van der Waals surface area contributed by atoms with Gasteiger partial charge in [-0.1, -0.05) is 50.7 Å². The summed E-state index contributed by atoms with van der Waals surface area (Å²) in [6.07, 6.45) is 10.5. The summed E-state index contributed by atoms with van der Waals surface area (Å²) in [5, 5.41) is 0.